The molecule has 0 aliphatic heterocycles. The van der Waals surface area contributed by atoms with Crippen molar-refractivity contribution in [2.45, 2.75) is 38.3 Å². The molecule has 22 heavy (non-hydrogen) atoms. The van der Waals surface area contributed by atoms with Crippen molar-refractivity contribution in [3.63, 3.8) is 0 Å². The van der Waals surface area contributed by atoms with E-state index in [-0.39, 0.29) is 0 Å². The number of hydrogen-bond donors (Lipinski definition) is 1. The minimum absolute atomic E-state index is 0.293. The molecule has 0 radical (unpaired) electrons. The number of aromatic nitrogens is 3. The van der Waals surface area contributed by atoms with Gasteiger partial charge in [-0.3, -0.25) is 0 Å². The number of hydrogen-bond acceptors (Lipinski definition) is 6. The van der Waals surface area contributed by atoms with Gasteiger partial charge in [0.15, 0.2) is 0 Å². The molecule has 116 valence electrons. The Morgan fingerprint density at radius 3 is 2.86 bits per heavy atom. The number of anilines is 1. The van der Waals surface area contributed by atoms with Crippen LogP contribution in [-0.2, 0) is 6.54 Å². The fourth-order valence-electron chi connectivity index (χ4n) is 2.54. The lowest BCUT2D eigenvalue weighted by molar-refractivity contribution is 0.199. The molecule has 0 amide bonds. The summed E-state index contributed by atoms with van der Waals surface area (Å²) in [5, 5.41) is 3.18. The lowest BCUT2D eigenvalue weighted by Crippen LogP contribution is -2.14. The van der Waals surface area contributed by atoms with E-state index in [1.54, 1.807) is 25.6 Å². The standard InChI is InChI=1S/C16H20N4O2/c1-21-14-8-10-18-16(20-14)19-11-12-5-4-9-17-15(12)22-13-6-2-3-7-13/h4-5,8-10,13H,2-3,6-7,11H2,1H3,(H,18,19,20). The minimum atomic E-state index is 0.293. The van der Waals surface area contributed by atoms with E-state index in [1.165, 1.54) is 12.8 Å². The second-order valence-electron chi connectivity index (χ2n) is 5.27. The van der Waals surface area contributed by atoms with Crippen molar-refractivity contribution in [1.29, 1.82) is 0 Å². The van der Waals surface area contributed by atoms with Gasteiger partial charge in [-0.15, -0.1) is 0 Å². The van der Waals surface area contributed by atoms with E-state index in [4.69, 9.17) is 9.47 Å². The Labute approximate surface area is 129 Å². The molecule has 0 bridgehead atoms. The van der Waals surface area contributed by atoms with Gasteiger partial charge < -0.3 is 14.8 Å². The van der Waals surface area contributed by atoms with Gasteiger partial charge in [-0.1, -0.05) is 6.07 Å². The van der Waals surface area contributed by atoms with E-state index >= 15 is 0 Å². The van der Waals surface area contributed by atoms with Crippen LogP contribution in [0, 0.1) is 0 Å². The zero-order valence-corrected chi connectivity index (χ0v) is 12.7. The zero-order chi connectivity index (χ0) is 15.2. The SMILES string of the molecule is COc1ccnc(NCc2cccnc2OC2CCCC2)n1. The number of pyridine rings is 1. The van der Waals surface area contributed by atoms with Crippen molar-refractivity contribution in [2.75, 3.05) is 12.4 Å². The second-order valence-corrected chi connectivity index (χ2v) is 5.27. The number of nitrogens with zero attached hydrogens (tertiary/aromatic N) is 3. The highest BCUT2D eigenvalue weighted by atomic mass is 16.5. The summed E-state index contributed by atoms with van der Waals surface area (Å²) in [7, 11) is 1.58. The van der Waals surface area contributed by atoms with E-state index < -0.39 is 0 Å². The molecule has 2 aromatic heterocycles. The fourth-order valence-corrected chi connectivity index (χ4v) is 2.54. The van der Waals surface area contributed by atoms with Gasteiger partial charge in [0.1, 0.15) is 6.10 Å². The molecule has 0 saturated heterocycles. The maximum absolute atomic E-state index is 6.02. The number of methoxy groups -OCH3 is 1. The first-order valence-corrected chi connectivity index (χ1v) is 7.56. The Bertz CT molecular complexity index is 615. The minimum Gasteiger partial charge on any atom is -0.481 e. The number of ether oxygens (including phenoxy) is 2. The maximum atomic E-state index is 6.02. The van der Waals surface area contributed by atoms with E-state index in [0.717, 1.165) is 18.4 Å². The van der Waals surface area contributed by atoms with Crippen molar-refractivity contribution in [3.8, 4) is 11.8 Å². The highest BCUT2D eigenvalue weighted by Gasteiger charge is 2.18. The monoisotopic (exact) mass is 300 g/mol. The largest absolute Gasteiger partial charge is 0.481 e. The quantitative estimate of drug-likeness (QED) is 0.884. The third kappa shape index (κ3) is 3.63. The predicted molar refractivity (Wildman–Crippen MR) is 83.0 cm³/mol. The summed E-state index contributed by atoms with van der Waals surface area (Å²) in [6.45, 7) is 0.559. The van der Waals surface area contributed by atoms with Crippen molar-refractivity contribution >= 4 is 5.95 Å². The molecule has 1 aliphatic carbocycles. The lowest BCUT2D eigenvalue weighted by atomic mass is 10.2. The molecular formula is C16H20N4O2. The highest BCUT2D eigenvalue weighted by Crippen LogP contribution is 2.25. The van der Waals surface area contributed by atoms with Crippen LogP contribution in [0.25, 0.3) is 0 Å². The smallest absolute Gasteiger partial charge is 0.226 e. The summed E-state index contributed by atoms with van der Waals surface area (Å²) in [6.07, 6.45) is 8.42. The van der Waals surface area contributed by atoms with Crippen LogP contribution >= 0.6 is 0 Å². The number of nitrogens with one attached hydrogen (secondary N) is 1. The molecule has 2 aromatic rings. The van der Waals surface area contributed by atoms with E-state index in [9.17, 15) is 0 Å². The third-order valence-corrected chi connectivity index (χ3v) is 3.71. The van der Waals surface area contributed by atoms with Gasteiger partial charge in [-0.25, -0.2) is 9.97 Å². The van der Waals surface area contributed by atoms with Crippen molar-refractivity contribution in [1.82, 2.24) is 15.0 Å². The predicted octanol–water partition coefficient (Wildman–Crippen LogP) is 2.81. The molecule has 6 heteroatoms. The van der Waals surface area contributed by atoms with Crippen LogP contribution in [0.1, 0.15) is 31.2 Å². The summed E-state index contributed by atoms with van der Waals surface area (Å²) >= 11 is 0. The van der Waals surface area contributed by atoms with Crippen LogP contribution in [0.4, 0.5) is 5.95 Å². The summed E-state index contributed by atoms with van der Waals surface area (Å²) in [4.78, 5) is 12.8. The van der Waals surface area contributed by atoms with Gasteiger partial charge in [0.05, 0.1) is 7.11 Å². The Morgan fingerprint density at radius 1 is 1.18 bits per heavy atom. The summed E-state index contributed by atoms with van der Waals surface area (Å²) < 4.78 is 11.1. The topological polar surface area (TPSA) is 69.2 Å². The molecule has 0 aromatic carbocycles. The highest BCUT2D eigenvalue weighted by molar-refractivity contribution is 5.33. The Hall–Kier alpha value is -2.37. The second kappa shape index (κ2) is 7.06. The van der Waals surface area contributed by atoms with E-state index in [0.29, 0.717) is 30.4 Å². The molecule has 2 heterocycles. The third-order valence-electron chi connectivity index (χ3n) is 3.71. The van der Waals surface area contributed by atoms with E-state index in [2.05, 4.69) is 20.3 Å². The van der Waals surface area contributed by atoms with Gasteiger partial charge in [-0.05, 0) is 31.7 Å². The molecule has 0 atom stereocenters. The first-order chi connectivity index (χ1) is 10.8. The molecule has 0 unspecified atom stereocenters. The molecule has 6 nitrogen and oxygen atoms in total. The summed E-state index contributed by atoms with van der Waals surface area (Å²) in [6, 6.07) is 5.62. The van der Waals surface area contributed by atoms with Crippen LogP contribution in [0.5, 0.6) is 11.8 Å². The molecular weight excluding hydrogens is 280 g/mol. The van der Waals surface area contributed by atoms with Crippen molar-refractivity contribution in [2.24, 2.45) is 0 Å². The Balaban J connectivity index is 1.66. The van der Waals surface area contributed by atoms with Gasteiger partial charge >= 0.3 is 0 Å². The lowest BCUT2D eigenvalue weighted by Gasteiger charge is -2.15. The van der Waals surface area contributed by atoms with Crippen molar-refractivity contribution in [3.05, 3.63) is 36.2 Å². The van der Waals surface area contributed by atoms with Gasteiger partial charge in [0.2, 0.25) is 17.7 Å². The van der Waals surface area contributed by atoms with Crippen LogP contribution in [0.15, 0.2) is 30.6 Å². The molecule has 3 rings (SSSR count). The van der Waals surface area contributed by atoms with Crippen LogP contribution in [0.2, 0.25) is 0 Å². The van der Waals surface area contributed by atoms with Crippen LogP contribution in [0.3, 0.4) is 0 Å². The van der Waals surface area contributed by atoms with Crippen molar-refractivity contribution < 1.29 is 9.47 Å². The normalized spacial score (nSPS) is 14.8. The van der Waals surface area contributed by atoms with Gasteiger partial charge in [0.25, 0.3) is 0 Å². The zero-order valence-electron chi connectivity index (χ0n) is 12.7. The first-order valence-electron chi connectivity index (χ1n) is 7.56. The first kappa shape index (κ1) is 14.6. The van der Waals surface area contributed by atoms with Gasteiger partial charge in [0, 0.05) is 30.6 Å². The Kier molecular flexibility index (Phi) is 4.68. The molecule has 1 aliphatic rings. The average Bonchev–Trinajstić information content (AvgIpc) is 3.07. The average molecular weight is 300 g/mol. The van der Waals surface area contributed by atoms with Crippen LogP contribution in [-0.4, -0.2) is 28.2 Å². The van der Waals surface area contributed by atoms with Gasteiger partial charge in [-0.2, -0.15) is 4.98 Å². The Morgan fingerprint density at radius 2 is 2.05 bits per heavy atom. The molecule has 1 fully saturated rings. The molecule has 1 N–H and O–H groups in total. The molecule has 1 saturated carbocycles. The maximum Gasteiger partial charge on any atom is 0.226 e. The summed E-state index contributed by atoms with van der Waals surface area (Å²) in [5.74, 6) is 1.76. The molecule has 0 spiro atoms. The van der Waals surface area contributed by atoms with Crippen LogP contribution < -0.4 is 14.8 Å². The number of rotatable bonds is 6. The fraction of sp³-hybridized carbons (Fsp3) is 0.438. The summed E-state index contributed by atoms with van der Waals surface area (Å²) in [5.41, 5.74) is 1.00. The van der Waals surface area contributed by atoms with E-state index in [1.807, 2.05) is 12.1 Å².